The minimum Gasteiger partial charge on any atom is -0.336 e. The number of fused-ring (bicyclic) bond motifs is 1. The number of hydrogen-bond acceptors (Lipinski definition) is 2. The quantitative estimate of drug-likeness (QED) is 0.885. The van der Waals surface area contributed by atoms with E-state index >= 15 is 0 Å². The SMILES string of the molecule is CCCN(C(=O)c1ccc2c(c1)CNC2)C(C)C. The predicted octanol–water partition coefficient (Wildman–Crippen LogP) is 2.55. The average molecular weight is 246 g/mol. The Kier molecular flexibility index (Phi) is 4.02. The number of carbonyl (C=O) groups excluding carboxylic acids is 1. The van der Waals surface area contributed by atoms with Crippen LogP contribution in [0.3, 0.4) is 0 Å². The molecule has 0 unspecified atom stereocenters. The number of benzene rings is 1. The molecule has 0 aliphatic carbocycles. The monoisotopic (exact) mass is 246 g/mol. The van der Waals surface area contributed by atoms with E-state index in [1.807, 2.05) is 17.0 Å². The van der Waals surface area contributed by atoms with Crippen molar-refractivity contribution in [1.29, 1.82) is 0 Å². The number of nitrogens with one attached hydrogen (secondary N) is 1. The first-order valence-electron chi connectivity index (χ1n) is 6.77. The number of nitrogens with zero attached hydrogens (tertiary/aromatic N) is 1. The largest absolute Gasteiger partial charge is 0.336 e. The highest BCUT2D eigenvalue weighted by Gasteiger charge is 2.19. The third-order valence-electron chi connectivity index (χ3n) is 3.43. The smallest absolute Gasteiger partial charge is 0.254 e. The van der Waals surface area contributed by atoms with Crippen LogP contribution in [0.4, 0.5) is 0 Å². The molecule has 1 aromatic carbocycles. The van der Waals surface area contributed by atoms with Crippen LogP contribution in [-0.4, -0.2) is 23.4 Å². The van der Waals surface area contributed by atoms with Gasteiger partial charge in [-0.25, -0.2) is 0 Å². The molecule has 98 valence electrons. The molecular formula is C15H22N2O. The number of rotatable bonds is 4. The van der Waals surface area contributed by atoms with E-state index in [1.54, 1.807) is 0 Å². The topological polar surface area (TPSA) is 32.3 Å². The summed E-state index contributed by atoms with van der Waals surface area (Å²) in [5.74, 6) is 0.154. The van der Waals surface area contributed by atoms with Crippen LogP contribution < -0.4 is 5.32 Å². The van der Waals surface area contributed by atoms with E-state index in [1.165, 1.54) is 11.1 Å². The minimum atomic E-state index is 0.154. The van der Waals surface area contributed by atoms with Gasteiger partial charge in [0.15, 0.2) is 0 Å². The lowest BCUT2D eigenvalue weighted by atomic mass is 10.0. The Labute approximate surface area is 109 Å². The van der Waals surface area contributed by atoms with Gasteiger partial charge >= 0.3 is 0 Å². The van der Waals surface area contributed by atoms with E-state index in [0.29, 0.717) is 0 Å². The first-order chi connectivity index (χ1) is 8.63. The molecule has 1 N–H and O–H groups in total. The molecule has 3 heteroatoms. The molecule has 18 heavy (non-hydrogen) atoms. The minimum absolute atomic E-state index is 0.154. The van der Waals surface area contributed by atoms with Crippen LogP contribution in [0.1, 0.15) is 48.7 Å². The molecule has 0 atom stereocenters. The van der Waals surface area contributed by atoms with Crippen molar-refractivity contribution < 1.29 is 4.79 Å². The lowest BCUT2D eigenvalue weighted by Gasteiger charge is -2.26. The van der Waals surface area contributed by atoms with Crippen LogP contribution in [0.15, 0.2) is 18.2 Å². The average Bonchev–Trinajstić information content (AvgIpc) is 2.81. The molecule has 0 bridgehead atoms. The van der Waals surface area contributed by atoms with Crippen LogP contribution >= 0.6 is 0 Å². The zero-order valence-corrected chi connectivity index (χ0v) is 11.5. The van der Waals surface area contributed by atoms with Crippen molar-refractivity contribution in [2.75, 3.05) is 6.54 Å². The maximum atomic E-state index is 12.5. The predicted molar refractivity (Wildman–Crippen MR) is 73.4 cm³/mol. The fourth-order valence-corrected chi connectivity index (χ4v) is 2.43. The van der Waals surface area contributed by atoms with Gasteiger partial charge in [0.1, 0.15) is 0 Å². The molecule has 2 rings (SSSR count). The summed E-state index contributed by atoms with van der Waals surface area (Å²) in [4.78, 5) is 14.4. The highest BCUT2D eigenvalue weighted by molar-refractivity contribution is 5.94. The van der Waals surface area contributed by atoms with Gasteiger partial charge in [-0.3, -0.25) is 4.79 Å². The van der Waals surface area contributed by atoms with Gasteiger partial charge in [-0.05, 0) is 43.5 Å². The van der Waals surface area contributed by atoms with Crippen molar-refractivity contribution in [2.45, 2.75) is 46.3 Å². The molecule has 1 heterocycles. The standard InChI is InChI=1S/C15H22N2O/c1-4-7-17(11(2)3)15(18)12-5-6-13-9-16-10-14(13)8-12/h5-6,8,11,16H,4,7,9-10H2,1-3H3. The highest BCUT2D eigenvalue weighted by Crippen LogP contribution is 2.19. The molecule has 0 saturated carbocycles. The Morgan fingerprint density at radius 1 is 1.33 bits per heavy atom. The van der Waals surface area contributed by atoms with Gasteiger partial charge in [0.25, 0.3) is 5.91 Å². The van der Waals surface area contributed by atoms with E-state index in [0.717, 1.165) is 31.6 Å². The Balaban J connectivity index is 2.22. The van der Waals surface area contributed by atoms with Gasteiger partial charge < -0.3 is 10.2 Å². The summed E-state index contributed by atoms with van der Waals surface area (Å²) in [6, 6.07) is 6.33. The molecule has 1 amide bonds. The van der Waals surface area contributed by atoms with Gasteiger partial charge in [-0.2, -0.15) is 0 Å². The highest BCUT2D eigenvalue weighted by atomic mass is 16.2. The number of carbonyl (C=O) groups is 1. The normalized spacial score (nSPS) is 13.8. The fourth-order valence-electron chi connectivity index (χ4n) is 2.43. The lowest BCUT2D eigenvalue weighted by molar-refractivity contribution is 0.0706. The van der Waals surface area contributed by atoms with E-state index in [9.17, 15) is 4.79 Å². The maximum absolute atomic E-state index is 12.5. The van der Waals surface area contributed by atoms with Crippen LogP contribution in [0.2, 0.25) is 0 Å². The van der Waals surface area contributed by atoms with E-state index in [2.05, 4.69) is 32.2 Å². The van der Waals surface area contributed by atoms with Crippen molar-refractivity contribution >= 4 is 5.91 Å². The van der Waals surface area contributed by atoms with Crippen LogP contribution in [-0.2, 0) is 13.1 Å². The summed E-state index contributed by atoms with van der Waals surface area (Å²) < 4.78 is 0. The first kappa shape index (κ1) is 13.1. The summed E-state index contributed by atoms with van der Waals surface area (Å²) in [5, 5.41) is 3.31. The summed E-state index contributed by atoms with van der Waals surface area (Å²) in [7, 11) is 0. The Morgan fingerprint density at radius 2 is 2.06 bits per heavy atom. The van der Waals surface area contributed by atoms with Gasteiger partial charge in [-0.15, -0.1) is 0 Å². The van der Waals surface area contributed by atoms with Crippen molar-refractivity contribution in [1.82, 2.24) is 10.2 Å². The Bertz CT molecular complexity index is 440. The second kappa shape index (κ2) is 5.53. The third-order valence-corrected chi connectivity index (χ3v) is 3.43. The summed E-state index contributed by atoms with van der Waals surface area (Å²) in [6.07, 6.45) is 0.996. The van der Waals surface area contributed by atoms with Crippen molar-refractivity contribution in [2.24, 2.45) is 0 Å². The molecule has 0 spiro atoms. The molecule has 1 aliphatic heterocycles. The van der Waals surface area contributed by atoms with Gasteiger partial charge in [0.05, 0.1) is 0 Å². The van der Waals surface area contributed by atoms with E-state index in [4.69, 9.17) is 0 Å². The fraction of sp³-hybridized carbons (Fsp3) is 0.533. The summed E-state index contributed by atoms with van der Waals surface area (Å²) in [5.41, 5.74) is 3.40. The summed E-state index contributed by atoms with van der Waals surface area (Å²) in [6.45, 7) is 8.88. The number of hydrogen-bond donors (Lipinski definition) is 1. The second-order valence-corrected chi connectivity index (χ2v) is 5.18. The second-order valence-electron chi connectivity index (χ2n) is 5.18. The molecule has 0 saturated heterocycles. The molecule has 0 aromatic heterocycles. The molecular weight excluding hydrogens is 224 g/mol. The Hall–Kier alpha value is -1.35. The lowest BCUT2D eigenvalue weighted by Crippen LogP contribution is -2.37. The van der Waals surface area contributed by atoms with Gasteiger partial charge in [0.2, 0.25) is 0 Å². The molecule has 1 aliphatic rings. The first-order valence-corrected chi connectivity index (χ1v) is 6.77. The molecule has 0 radical (unpaired) electrons. The maximum Gasteiger partial charge on any atom is 0.254 e. The van der Waals surface area contributed by atoms with Gasteiger partial charge in [0, 0.05) is 31.2 Å². The van der Waals surface area contributed by atoms with Crippen molar-refractivity contribution in [3.05, 3.63) is 34.9 Å². The molecule has 1 aromatic rings. The Morgan fingerprint density at radius 3 is 2.72 bits per heavy atom. The summed E-state index contributed by atoms with van der Waals surface area (Å²) >= 11 is 0. The van der Waals surface area contributed by atoms with Crippen LogP contribution in [0.5, 0.6) is 0 Å². The van der Waals surface area contributed by atoms with Crippen LogP contribution in [0.25, 0.3) is 0 Å². The molecule has 3 nitrogen and oxygen atoms in total. The zero-order valence-electron chi connectivity index (χ0n) is 11.5. The van der Waals surface area contributed by atoms with Crippen molar-refractivity contribution in [3.8, 4) is 0 Å². The zero-order chi connectivity index (χ0) is 13.1. The van der Waals surface area contributed by atoms with Gasteiger partial charge in [-0.1, -0.05) is 13.0 Å². The van der Waals surface area contributed by atoms with E-state index in [-0.39, 0.29) is 11.9 Å². The third kappa shape index (κ3) is 2.56. The number of amides is 1. The van der Waals surface area contributed by atoms with Crippen molar-refractivity contribution in [3.63, 3.8) is 0 Å². The van der Waals surface area contributed by atoms with E-state index < -0.39 is 0 Å². The van der Waals surface area contributed by atoms with Crippen LogP contribution in [0, 0.1) is 0 Å². The molecule has 0 fully saturated rings.